The summed E-state index contributed by atoms with van der Waals surface area (Å²) in [7, 11) is 2.26. The van der Waals surface area contributed by atoms with Crippen LogP contribution in [0.15, 0.2) is 0 Å². The van der Waals surface area contributed by atoms with Crippen LogP contribution >= 0.6 is 0 Å². The van der Waals surface area contributed by atoms with Crippen LogP contribution in [0.1, 0.15) is 52.9 Å². The molecule has 4 atom stereocenters. The predicted molar refractivity (Wildman–Crippen MR) is 74.2 cm³/mol. The van der Waals surface area contributed by atoms with Crippen molar-refractivity contribution in [3.8, 4) is 0 Å². The zero-order chi connectivity index (χ0) is 12.4. The van der Waals surface area contributed by atoms with Gasteiger partial charge in [-0.3, -0.25) is 0 Å². The Morgan fingerprint density at radius 1 is 1.18 bits per heavy atom. The minimum absolute atomic E-state index is 0.736. The van der Waals surface area contributed by atoms with Crippen LogP contribution < -0.4 is 5.32 Å². The van der Waals surface area contributed by atoms with Gasteiger partial charge >= 0.3 is 0 Å². The van der Waals surface area contributed by atoms with Crippen molar-refractivity contribution in [1.29, 1.82) is 0 Å². The molecule has 0 bridgehead atoms. The Labute approximate surface area is 107 Å². The molecule has 0 aromatic carbocycles. The molecule has 17 heavy (non-hydrogen) atoms. The number of likely N-dealkylation sites (tertiary alicyclic amines) is 1. The van der Waals surface area contributed by atoms with Crippen LogP contribution in [0.5, 0.6) is 0 Å². The van der Waals surface area contributed by atoms with Gasteiger partial charge in [0.1, 0.15) is 0 Å². The molecule has 100 valence electrons. The fourth-order valence-electron chi connectivity index (χ4n) is 3.78. The minimum Gasteiger partial charge on any atom is -0.310 e. The quantitative estimate of drug-likeness (QED) is 0.813. The number of nitrogens with one attached hydrogen (secondary N) is 1. The third kappa shape index (κ3) is 3.23. The molecule has 2 fully saturated rings. The lowest BCUT2D eigenvalue weighted by atomic mass is 9.77. The Kier molecular flexibility index (Phi) is 4.48. The molecule has 1 aliphatic carbocycles. The van der Waals surface area contributed by atoms with E-state index in [0.717, 1.165) is 30.0 Å². The van der Waals surface area contributed by atoms with E-state index < -0.39 is 0 Å². The first-order chi connectivity index (χ1) is 8.08. The summed E-state index contributed by atoms with van der Waals surface area (Å²) in [5.41, 5.74) is 0. The molecule has 0 aromatic rings. The second kappa shape index (κ2) is 5.71. The molecule has 1 saturated heterocycles. The number of hydrogen-bond acceptors (Lipinski definition) is 2. The Morgan fingerprint density at radius 3 is 2.47 bits per heavy atom. The molecule has 1 aliphatic heterocycles. The van der Waals surface area contributed by atoms with Gasteiger partial charge in [0, 0.05) is 24.7 Å². The molecule has 0 aromatic heterocycles. The second-order valence-corrected chi connectivity index (χ2v) is 6.69. The van der Waals surface area contributed by atoms with Crippen molar-refractivity contribution in [2.45, 2.75) is 71.0 Å². The summed E-state index contributed by atoms with van der Waals surface area (Å²) in [4.78, 5) is 2.49. The van der Waals surface area contributed by atoms with Crippen LogP contribution in [0.3, 0.4) is 0 Å². The van der Waals surface area contributed by atoms with Gasteiger partial charge < -0.3 is 10.2 Å². The van der Waals surface area contributed by atoms with Gasteiger partial charge in [-0.15, -0.1) is 0 Å². The first-order valence-corrected chi connectivity index (χ1v) is 7.54. The average molecular weight is 238 g/mol. The Balaban J connectivity index is 1.88. The van der Waals surface area contributed by atoms with Crippen molar-refractivity contribution >= 4 is 0 Å². The highest BCUT2D eigenvalue weighted by atomic mass is 15.2. The molecule has 2 rings (SSSR count). The smallest absolute Gasteiger partial charge is 0.0212 e. The van der Waals surface area contributed by atoms with Crippen LogP contribution in [0.25, 0.3) is 0 Å². The summed E-state index contributed by atoms with van der Waals surface area (Å²) in [6.07, 6.45) is 7.05. The third-order valence-corrected chi connectivity index (χ3v) is 5.01. The molecule has 4 unspecified atom stereocenters. The molecule has 0 spiro atoms. The van der Waals surface area contributed by atoms with Gasteiger partial charge in [0.15, 0.2) is 0 Å². The highest BCUT2D eigenvalue weighted by molar-refractivity contribution is 4.91. The maximum atomic E-state index is 3.97. The maximum Gasteiger partial charge on any atom is 0.0212 e. The molecule has 2 nitrogen and oxygen atoms in total. The van der Waals surface area contributed by atoms with Gasteiger partial charge in [-0.25, -0.2) is 0 Å². The summed E-state index contributed by atoms with van der Waals surface area (Å²) < 4.78 is 0. The van der Waals surface area contributed by atoms with Gasteiger partial charge in [0.25, 0.3) is 0 Å². The lowest BCUT2D eigenvalue weighted by Crippen LogP contribution is -2.46. The first kappa shape index (κ1) is 13.4. The number of hydrogen-bond donors (Lipinski definition) is 1. The fraction of sp³-hybridized carbons (Fsp3) is 1.00. The molecular weight excluding hydrogens is 208 g/mol. The summed E-state index contributed by atoms with van der Waals surface area (Å²) in [5.74, 6) is 1.74. The largest absolute Gasteiger partial charge is 0.310 e. The van der Waals surface area contributed by atoms with E-state index in [4.69, 9.17) is 0 Å². The van der Waals surface area contributed by atoms with Gasteiger partial charge in [-0.2, -0.15) is 0 Å². The van der Waals surface area contributed by atoms with Crippen molar-refractivity contribution in [2.75, 3.05) is 13.6 Å². The highest BCUT2D eigenvalue weighted by Gasteiger charge is 2.32. The minimum atomic E-state index is 0.736. The molecule has 0 radical (unpaired) electrons. The van der Waals surface area contributed by atoms with Crippen molar-refractivity contribution in [2.24, 2.45) is 11.8 Å². The van der Waals surface area contributed by atoms with Gasteiger partial charge in [-0.1, -0.05) is 26.7 Å². The summed E-state index contributed by atoms with van der Waals surface area (Å²) >= 11 is 0. The predicted octanol–water partition coefficient (Wildman–Crippen LogP) is 2.88. The van der Waals surface area contributed by atoms with E-state index in [1.165, 1.54) is 38.6 Å². The van der Waals surface area contributed by atoms with Crippen LogP contribution in [-0.2, 0) is 0 Å². The number of likely N-dealkylation sites (N-methyl/N-ethyl adjacent to an activating group) is 1. The molecule has 0 amide bonds. The monoisotopic (exact) mass is 238 g/mol. The van der Waals surface area contributed by atoms with Crippen molar-refractivity contribution in [1.82, 2.24) is 10.2 Å². The third-order valence-electron chi connectivity index (χ3n) is 5.01. The molecule has 1 heterocycles. The lowest BCUT2D eigenvalue weighted by molar-refractivity contribution is 0.192. The van der Waals surface area contributed by atoms with E-state index in [2.05, 4.69) is 38.0 Å². The van der Waals surface area contributed by atoms with Gasteiger partial charge in [0.05, 0.1) is 0 Å². The number of rotatable bonds is 3. The number of nitrogens with zero attached hydrogens (tertiary/aromatic N) is 1. The summed E-state index contributed by atoms with van der Waals surface area (Å²) in [6.45, 7) is 8.38. The fourth-order valence-corrected chi connectivity index (χ4v) is 3.78. The molecule has 1 N–H and O–H groups in total. The molecule has 2 heteroatoms. The van der Waals surface area contributed by atoms with Gasteiger partial charge in [0.2, 0.25) is 0 Å². The SMILES string of the molecule is CC(C)C1CCCCC1NC1CC(C)N(C)C1. The van der Waals surface area contributed by atoms with Crippen LogP contribution in [0.2, 0.25) is 0 Å². The molecular formula is C15H30N2. The Bertz CT molecular complexity index is 229. The van der Waals surface area contributed by atoms with Crippen LogP contribution in [0.4, 0.5) is 0 Å². The van der Waals surface area contributed by atoms with Crippen molar-refractivity contribution < 1.29 is 0 Å². The maximum absolute atomic E-state index is 3.97. The highest BCUT2D eigenvalue weighted by Crippen LogP contribution is 2.31. The zero-order valence-electron chi connectivity index (χ0n) is 12.1. The second-order valence-electron chi connectivity index (χ2n) is 6.69. The van der Waals surface area contributed by atoms with E-state index >= 15 is 0 Å². The summed E-state index contributed by atoms with van der Waals surface area (Å²) in [6, 6.07) is 2.28. The van der Waals surface area contributed by atoms with E-state index in [-0.39, 0.29) is 0 Å². The normalized spacial score (nSPS) is 40.1. The molecule has 1 saturated carbocycles. The lowest BCUT2D eigenvalue weighted by Gasteiger charge is -2.36. The van der Waals surface area contributed by atoms with Crippen LogP contribution in [-0.4, -0.2) is 36.6 Å². The van der Waals surface area contributed by atoms with E-state index in [1.54, 1.807) is 0 Å². The van der Waals surface area contributed by atoms with Crippen molar-refractivity contribution in [3.05, 3.63) is 0 Å². The zero-order valence-corrected chi connectivity index (χ0v) is 12.1. The Hall–Kier alpha value is -0.0800. The Morgan fingerprint density at radius 2 is 1.88 bits per heavy atom. The topological polar surface area (TPSA) is 15.3 Å². The summed E-state index contributed by atoms with van der Waals surface area (Å²) in [5, 5.41) is 3.97. The van der Waals surface area contributed by atoms with Crippen molar-refractivity contribution in [3.63, 3.8) is 0 Å². The van der Waals surface area contributed by atoms with E-state index in [0.29, 0.717) is 0 Å². The van der Waals surface area contributed by atoms with E-state index in [1.807, 2.05) is 0 Å². The average Bonchev–Trinajstić information content (AvgIpc) is 2.58. The van der Waals surface area contributed by atoms with Crippen LogP contribution in [0, 0.1) is 11.8 Å². The standard InChI is InChI=1S/C15H30N2/c1-11(2)14-7-5-6-8-15(14)16-13-9-12(3)17(4)10-13/h11-16H,5-10H2,1-4H3. The van der Waals surface area contributed by atoms with E-state index in [9.17, 15) is 0 Å². The first-order valence-electron chi connectivity index (χ1n) is 7.54. The van der Waals surface area contributed by atoms with Gasteiger partial charge in [-0.05, 0) is 45.1 Å². The molecule has 2 aliphatic rings.